The van der Waals surface area contributed by atoms with Crippen LogP contribution in [0.2, 0.25) is 0 Å². The van der Waals surface area contributed by atoms with Gasteiger partial charge in [0.1, 0.15) is 21.7 Å². The summed E-state index contributed by atoms with van der Waals surface area (Å²) in [5.74, 6) is -0.475. The van der Waals surface area contributed by atoms with Crippen LogP contribution in [0, 0.1) is 5.82 Å². The van der Waals surface area contributed by atoms with Gasteiger partial charge in [-0.25, -0.2) is 4.39 Å². The first-order valence-electron chi connectivity index (χ1n) is 9.90. The van der Waals surface area contributed by atoms with Crippen molar-refractivity contribution in [2.75, 3.05) is 19.6 Å². The quantitative estimate of drug-likeness (QED) is 0.563. The summed E-state index contributed by atoms with van der Waals surface area (Å²) >= 11 is 7.52. The Bertz CT molecular complexity index is 1090. The first-order chi connectivity index (χ1) is 14.3. The van der Waals surface area contributed by atoms with Crippen LogP contribution in [-0.4, -0.2) is 57.2 Å². The summed E-state index contributed by atoms with van der Waals surface area (Å²) in [7, 11) is 0. The Kier molecular flexibility index (Phi) is 5.84. The molecule has 1 aliphatic rings. The van der Waals surface area contributed by atoms with Crippen LogP contribution in [0.15, 0.2) is 41.8 Å². The molecule has 0 unspecified atom stereocenters. The number of fused-ring (bicyclic) bond motifs is 1. The molecule has 3 heterocycles. The van der Waals surface area contributed by atoms with Crippen molar-refractivity contribution in [2.45, 2.75) is 31.8 Å². The van der Waals surface area contributed by atoms with E-state index in [9.17, 15) is 14.0 Å². The highest BCUT2D eigenvalue weighted by molar-refractivity contribution is 7.16. The van der Waals surface area contributed by atoms with Crippen LogP contribution < -0.4 is 0 Å². The van der Waals surface area contributed by atoms with Crippen LogP contribution in [0.1, 0.15) is 29.9 Å². The second kappa shape index (κ2) is 8.40. The molecule has 0 saturated carbocycles. The number of halogens is 2. The van der Waals surface area contributed by atoms with Gasteiger partial charge in [-0.3, -0.25) is 9.59 Å². The minimum absolute atomic E-state index is 0.0762. The van der Waals surface area contributed by atoms with Crippen molar-refractivity contribution in [1.29, 1.82) is 0 Å². The van der Waals surface area contributed by atoms with Crippen LogP contribution in [0.5, 0.6) is 0 Å². The zero-order valence-corrected chi connectivity index (χ0v) is 18.4. The molecule has 0 N–H and O–H groups in total. The van der Waals surface area contributed by atoms with Crippen molar-refractivity contribution >= 4 is 45.0 Å². The molecule has 8 heteroatoms. The lowest BCUT2D eigenvalue weighted by Gasteiger charge is -2.40. The number of benzene rings is 1. The van der Waals surface area contributed by atoms with Gasteiger partial charge < -0.3 is 14.4 Å². The molecule has 4 rings (SSSR count). The monoisotopic (exact) mass is 447 g/mol. The van der Waals surface area contributed by atoms with Gasteiger partial charge in [-0.2, -0.15) is 0 Å². The average Bonchev–Trinajstić information content (AvgIpc) is 3.29. The predicted octanol–water partition coefficient (Wildman–Crippen LogP) is 4.19. The Morgan fingerprint density at radius 1 is 1.27 bits per heavy atom. The number of hydrogen-bond donors (Lipinski definition) is 0. The van der Waals surface area contributed by atoms with Gasteiger partial charge in [-0.15, -0.1) is 22.9 Å². The Morgan fingerprint density at radius 2 is 2.07 bits per heavy atom. The number of rotatable bonds is 4. The van der Waals surface area contributed by atoms with Gasteiger partial charge in [-0.1, -0.05) is 12.1 Å². The lowest BCUT2D eigenvalue weighted by molar-refractivity contribution is -0.134. The second-order valence-corrected chi connectivity index (χ2v) is 9.22. The molecule has 1 aliphatic heterocycles. The summed E-state index contributed by atoms with van der Waals surface area (Å²) in [5, 5.41) is 2.41. The molecule has 2 atom stereocenters. The zero-order valence-electron chi connectivity index (χ0n) is 16.8. The third kappa shape index (κ3) is 3.96. The lowest BCUT2D eigenvalue weighted by atomic mass is 10.1. The van der Waals surface area contributed by atoms with E-state index in [0.717, 1.165) is 15.8 Å². The minimum atomic E-state index is -0.579. The predicted molar refractivity (Wildman–Crippen MR) is 118 cm³/mol. The summed E-state index contributed by atoms with van der Waals surface area (Å²) in [6.45, 7) is 5.38. The highest BCUT2D eigenvalue weighted by atomic mass is 35.5. The van der Waals surface area contributed by atoms with Crippen molar-refractivity contribution in [1.82, 2.24) is 14.4 Å². The summed E-state index contributed by atoms with van der Waals surface area (Å²) in [4.78, 5) is 30.2. The fourth-order valence-corrected chi connectivity index (χ4v) is 5.01. The van der Waals surface area contributed by atoms with E-state index in [1.807, 2.05) is 35.1 Å². The Hall–Kier alpha value is -2.38. The maximum Gasteiger partial charge on any atom is 0.270 e. The fraction of sp³-hybridized carbons (Fsp3) is 0.364. The number of alkyl halides is 1. The molecule has 0 bridgehead atoms. The largest absolute Gasteiger partial charge is 0.335 e. The number of hydrogen-bond acceptors (Lipinski definition) is 3. The standard InChI is InChI=1S/C22H23ClFN3O2S/c1-14-12-25(7-8-26(14)20(28)15(2)23)21(29)19-11-17-6-9-30-22(17)27(19)13-16-4-3-5-18(24)10-16/h3-6,9-11,14-15H,7-8,12-13H2,1-2H3/t14-,15-/m1/s1. The maximum absolute atomic E-state index is 13.7. The summed E-state index contributed by atoms with van der Waals surface area (Å²) in [6.07, 6.45) is 0. The number of piperazine rings is 1. The van der Waals surface area contributed by atoms with Gasteiger partial charge in [0.05, 0.1) is 0 Å². The van der Waals surface area contributed by atoms with Gasteiger partial charge in [0.25, 0.3) is 5.91 Å². The van der Waals surface area contributed by atoms with Crippen molar-refractivity contribution in [3.8, 4) is 0 Å². The molecule has 5 nitrogen and oxygen atoms in total. The smallest absolute Gasteiger partial charge is 0.270 e. The number of amides is 2. The number of thiophene rings is 1. The second-order valence-electron chi connectivity index (χ2n) is 7.67. The molecule has 0 radical (unpaired) electrons. The highest BCUT2D eigenvalue weighted by Gasteiger charge is 2.32. The van der Waals surface area contributed by atoms with Crippen molar-refractivity contribution in [2.24, 2.45) is 0 Å². The Balaban J connectivity index is 1.60. The van der Waals surface area contributed by atoms with E-state index < -0.39 is 5.38 Å². The van der Waals surface area contributed by atoms with E-state index in [4.69, 9.17) is 11.6 Å². The molecule has 1 fully saturated rings. The molecule has 0 spiro atoms. The molecule has 0 aliphatic carbocycles. The van der Waals surface area contributed by atoms with E-state index >= 15 is 0 Å². The first-order valence-corrected chi connectivity index (χ1v) is 11.2. The third-order valence-corrected chi connectivity index (χ3v) is 6.63. The van der Waals surface area contributed by atoms with Crippen molar-refractivity contribution < 1.29 is 14.0 Å². The molecule has 2 amide bonds. The van der Waals surface area contributed by atoms with Crippen LogP contribution in [0.4, 0.5) is 4.39 Å². The summed E-state index contributed by atoms with van der Waals surface area (Å²) < 4.78 is 15.6. The molecule has 3 aromatic rings. The van der Waals surface area contributed by atoms with Gasteiger partial charge in [-0.05, 0) is 49.1 Å². The van der Waals surface area contributed by atoms with Crippen LogP contribution in [0.3, 0.4) is 0 Å². The van der Waals surface area contributed by atoms with Crippen LogP contribution in [0.25, 0.3) is 10.2 Å². The molecule has 1 saturated heterocycles. The molecular weight excluding hydrogens is 425 g/mol. The van der Waals surface area contributed by atoms with Gasteiger partial charge in [0.15, 0.2) is 0 Å². The lowest BCUT2D eigenvalue weighted by Crippen LogP contribution is -2.56. The number of nitrogens with zero attached hydrogens (tertiary/aromatic N) is 3. The minimum Gasteiger partial charge on any atom is -0.335 e. The highest BCUT2D eigenvalue weighted by Crippen LogP contribution is 2.28. The molecule has 1 aromatic carbocycles. The Labute approximate surface area is 183 Å². The fourth-order valence-electron chi connectivity index (χ4n) is 3.99. The van der Waals surface area contributed by atoms with Crippen molar-refractivity contribution in [3.05, 3.63) is 58.9 Å². The third-order valence-electron chi connectivity index (χ3n) is 5.49. The molecule has 2 aromatic heterocycles. The molecule has 158 valence electrons. The van der Waals surface area contributed by atoms with Crippen LogP contribution in [-0.2, 0) is 11.3 Å². The maximum atomic E-state index is 13.7. The van der Waals surface area contributed by atoms with Gasteiger partial charge in [0, 0.05) is 37.6 Å². The number of carbonyl (C=O) groups excluding carboxylic acids is 2. The average molecular weight is 448 g/mol. The molecular formula is C22H23ClFN3O2S. The van der Waals surface area contributed by atoms with E-state index in [1.165, 1.54) is 12.1 Å². The summed E-state index contributed by atoms with van der Waals surface area (Å²) in [6, 6.07) is 10.2. The molecule has 30 heavy (non-hydrogen) atoms. The van der Waals surface area contributed by atoms with Crippen molar-refractivity contribution in [3.63, 3.8) is 0 Å². The topological polar surface area (TPSA) is 45.6 Å². The number of aromatic nitrogens is 1. The van der Waals surface area contributed by atoms with E-state index in [1.54, 1.807) is 34.1 Å². The SMILES string of the molecule is C[C@@H]1CN(C(=O)c2cc3ccsc3n2Cc2cccc(F)c2)CCN1C(=O)[C@@H](C)Cl. The summed E-state index contributed by atoms with van der Waals surface area (Å²) in [5.41, 5.74) is 1.38. The van der Waals surface area contributed by atoms with E-state index in [0.29, 0.717) is 31.9 Å². The van der Waals surface area contributed by atoms with E-state index in [2.05, 4.69) is 0 Å². The normalized spacial score (nSPS) is 18.1. The Morgan fingerprint density at radius 3 is 2.77 bits per heavy atom. The van der Waals surface area contributed by atoms with E-state index in [-0.39, 0.29) is 23.7 Å². The van der Waals surface area contributed by atoms with Gasteiger partial charge in [0.2, 0.25) is 5.91 Å². The van der Waals surface area contributed by atoms with Crippen LogP contribution >= 0.6 is 22.9 Å². The number of carbonyl (C=O) groups is 2. The zero-order chi connectivity index (χ0) is 21.4. The first kappa shape index (κ1) is 20.9. The van der Waals surface area contributed by atoms with Gasteiger partial charge >= 0.3 is 0 Å².